The van der Waals surface area contributed by atoms with Crippen molar-refractivity contribution in [2.24, 2.45) is 0 Å². The highest BCUT2D eigenvalue weighted by atomic mass is 35.5. The van der Waals surface area contributed by atoms with Gasteiger partial charge in [0.2, 0.25) is 0 Å². The minimum absolute atomic E-state index is 0.467. The second-order valence-electron chi connectivity index (χ2n) is 2.67. The smallest absolute Gasteiger partial charge is 0.101 e. The number of nitrogens with zero attached hydrogens (tertiary/aromatic N) is 1. The van der Waals surface area contributed by atoms with E-state index in [0.29, 0.717) is 5.88 Å². The maximum Gasteiger partial charge on any atom is 0.101 e. The molecule has 0 radical (unpaired) electrons. The predicted molar refractivity (Wildman–Crippen MR) is 57.2 cm³/mol. The van der Waals surface area contributed by atoms with Gasteiger partial charge in [0, 0.05) is 10.8 Å². The Morgan fingerprint density at radius 3 is 2.69 bits per heavy atom. The number of hydrogen-bond donors (Lipinski definition) is 0. The summed E-state index contributed by atoms with van der Waals surface area (Å²) in [4.78, 5) is 1.02. The molecule has 0 bridgehead atoms. The molecule has 0 aromatic heterocycles. The van der Waals surface area contributed by atoms with Crippen molar-refractivity contribution in [2.75, 3.05) is 6.26 Å². The zero-order valence-electron chi connectivity index (χ0n) is 7.60. The highest BCUT2D eigenvalue weighted by Gasteiger charge is 2.07. The number of alkyl halides is 1. The molecule has 1 aromatic carbocycles. The van der Waals surface area contributed by atoms with Crippen LogP contribution in [0.25, 0.3) is 0 Å². The molecule has 0 spiro atoms. The van der Waals surface area contributed by atoms with Crippen LogP contribution in [0.3, 0.4) is 0 Å². The van der Waals surface area contributed by atoms with Crippen LogP contribution in [-0.2, 0) is 5.88 Å². The van der Waals surface area contributed by atoms with Crippen molar-refractivity contribution in [3.05, 3.63) is 28.8 Å². The molecule has 0 aliphatic rings. The van der Waals surface area contributed by atoms with Gasteiger partial charge in [-0.05, 0) is 30.4 Å². The molecule has 13 heavy (non-hydrogen) atoms. The summed E-state index contributed by atoms with van der Waals surface area (Å²) in [5, 5.41) is 8.94. The lowest BCUT2D eigenvalue weighted by Gasteiger charge is -2.07. The van der Waals surface area contributed by atoms with Gasteiger partial charge in [0.1, 0.15) is 6.07 Å². The molecule has 0 saturated carbocycles. The average molecular weight is 212 g/mol. The summed E-state index contributed by atoms with van der Waals surface area (Å²) in [5.41, 5.74) is 2.80. The predicted octanol–water partition coefficient (Wildman–Crippen LogP) is 3.33. The van der Waals surface area contributed by atoms with E-state index >= 15 is 0 Å². The van der Waals surface area contributed by atoms with Crippen LogP contribution in [0, 0.1) is 18.3 Å². The normalized spacial score (nSPS) is 9.69. The largest absolute Gasteiger partial charge is 0.192 e. The molecule has 0 amide bonds. The van der Waals surface area contributed by atoms with Crippen LogP contribution in [0.1, 0.15) is 16.7 Å². The fourth-order valence-corrected chi connectivity index (χ4v) is 2.08. The molecule has 1 rings (SSSR count). The molecule has 1 nitrogen and oxygen atoms in total. The first kappa shape index (κ1) is 10.4. The van der Waals surface area contributed by atoms with Gasteiger partial charge in [-0.2, -0.15) is 5.26 Å². The van der Waals surface area contributed by atoms with E-state index < -0.39 is 0 Å². The number of nitriles is 1. The van der Waals surface area contributed by atoms with Crippen LogP contribution < -0.4 is 0 Å². The van der Waals surface area contributed by atoms with Crippen molar-refractivity contribution in [1.29, 1.82) is 5.26 Å². The Morgan fingerprint density at radius 1 is 1.54 bits per heavy atom. The van der Waals surface area contributed by atoms with Crippen LogP contribution in [0.15, 0.2) is 17.0 Å². The van der Waals surface area contributed by atoms with Crippen molar-refractivity contribution >= 4 is 23.4 Å². The van der Waals surface area contributed by atoms with E-state index in [1.807, 2.05) is 25.3 Å². The summed E-state index contributed by atoms with van der Waals surface area (Å²) in [6.45, 7) is 1.94. The van der Waals surface area contributed by atoms with Crippen molar-refractivity contribution in [2.45, 2.75) is 17.7 Å². The second kappa shape index (κ2) is 4.55. The molecule has 0 N–H and O–H groups in total. The zero-order chi connectivity index (χ0) is 9.84. The van der Waals surface area contributed by atoms with Gasteiger partial charge in [-0.3, -0.25) is 0 Å². The van der Waals surface area contributed by atoms with Gasteiger partial charge >= 0.3 is 0 Å². The van der Waals surface area contributed by atoms with Gasteiger partial charge in [0.15, 0.2) is 0 Å². The SMILES string of the molecule is CSc1ccc(CCl)c(C)c1C#N. The molecule has 0 aliphatic heterocycles. The van der Waals surface area contributed by atoms with Crippen LogP contribution in [0.2, 0.25) is 0 Å². The monoisotopic (exact) mass is 211 g/mol. The number of hydrogen-bond acceptors (Lipinski definition) is 2. The van der Waals surface area contributed by atoms with Crippen molar-refractivity contribution in [3.63, 3.8) is 0 Å². The number of thioether (sulfide) groups is 1. The first-order valence-electron chi connectivity index (χ1n) is 3.87. The highest BCUT2D eigenvalue weighted by Crippen LogP contribution is 2.25. The van der Waals surface area contributed by atoms with Crippen LogP contribution in [-0.4, -0.2) is 6.26 Å². The van der Waals surface area contributed by atoms with Gasteiger partial charge in [-0.25, -0.2) is 0 Å². The van der Waals surface area contributed by atoms with Crippen LogP contribution in [0.4, 0.5) is 0 Å². The summed E-state index contributed by atoms with van der Waals surface area (Å²) in [6, 6.07) is 6.14. The topological polar surface area (TPSA) is 23.8 Å². The minimum Gasteiger partial charge on any atom is -0.192 e. The third-order valence-corrected chi connectivity index (χ3v) is 3.08. The molecule has 0 aliphatic carbocycles. The van der Waals surface area contributed by atoms with E-state index in [0.717, 1.165) is 21.6 Å². The molecular weight excluding hydrogens is 202 g/mol. The Kier molecular flexibility index (Phi) is 3.65. The molecule has 0 fully saturated rings. The lowest BCUT2D eigenvalue weighted by Crippen LogP contribution is -1.92. The number of benzene rings is 1. The highest BCUT2D eigenvalue weighted by molar-refractivity contribution is 7.98. The Labute approximate surface area is 87.7 Å². The Bertz CT molecular complexity index is 355. The van der Waals surface area contributed by atoms with Crippen molar-refractivity contribution < 1.29 is 0 Å². The molecule has 0 atom stereocenters. The summed E-state index contributed by atoms with van der Waals surface area (Å²) in [6.07, 6.45) is 1.97. The molecular formula is C10H10ClNS. The van der Waals surface area contributed by atoms with E-state index in [4.69, 9.17) is 16.9 Å². The van der Waals surface area contributed by atoms with E-state index in [9.17, 15) is 0 Å². The van der Waals surface area contributed by atoms with Gasteiger partial charge in [0.05, 0.1) is 5.56 Å². The summed E-state index contributed by atoms with van der Waals surface area (Å²) >= 11 is 7.33. The maximum atomic E-state index is 8.94. The third kappa shape index (κ3) is 1.99. The summed E-state index contributed by atoms with van der Waals surface area (Å²) in [5.74, 6) is 0.467. The maximum absolute atomic E-state index is 8.94. The molecule has 3 heteroatoms. The Hall–Kier alpha value is -0.650. The summed E-state index contributed by atoms with van der Waals surface area (Å²) in [7, 11) is 0. The lowest BCUT2D eigenvalue weighted by molar-refractivity contribution is 1.22. The van der Waals surface area contributed by atoms with E-state index in [1.165, 1.54) is 0 Å². The van der Waals surface area contributed by atoms with E-state index in [1.54, 1.807) is 11.8 Å². The first-order valence-corrected chi connectivity index (χ1v) is 5.63. The summed E-state index contributed by atoms with van der Waals surface area (Å²) < 4.78 is 0. The Morgan fingerprint density at radius 2 is 2.23 bits per heavy atom. The molecule has 0 saturated heterocycles. The van der Waals surface area contributed by atoms with Crippen LogP contribution >= 0.6 is 23.4 Å². The lowest BCUT2D eigenvalue weighted by atomic mass is 10.0. The fraction of sp³-hybridized carbons (Fsp3) is 0.300. The van der Waals surface area contributed by atoms with Crippen molar-refractivity contribution in [1.82, 2.24) is 0 Å². The molecule has 0 unspecified atom stereocenters. The average Bonchev–Trinajstić information content (AvgIpc) is 2.17. The second-order valence-corrected chi connectivity index (χ2v) is 3.79. The quantitative estimate of drug-likeness (QED) is 0.554. The van der Waals surface area contributed by atoms with Crippen LogP contribution in [0.5, 0.6) is 0 Å². The third-order valence-electron chi connectivity index (χ3n) is 2.01. The van der Waals surface area contributed by atoms with Gasteiger partial charge in [-0.1, -0.05) is 6.07 Å². The van der Waals surface area contributed by atoms with Gasteiger partial charge < -0.3 is 0 Å². The fourth-order valence-electron chi connectivity index (χ4n) is 1.18. The zero-order valence-corrected chi connectivity index (χ0v) is 9.17. The molecule has 0 heterocycles. The standard InChI is InChI=1S/C10H10ClNS/c1-7-8(5-11)3-4-10(13-2)9(7)6-12/h3-4H,5H2,1-2H3. The van der Waals surface area contributed by atoms with Crippen molar-refractivity contribution in [3.8, 4) is 6.07 Å². The molecule has 1 aromatic rings. The van der Waals surface area contributed by atoms with E-state index in [2.05, 4.69) is 6.07 Å². The first-order chi connectivity index (χ1) is 6.24. The molecule has 68 valence electrons. The minimum atomic E-state index is 0.467. The number of halogens is 1. The van der Waals surface area contributed by atoms with Gasteiger partial charge in [-0.15, -0.1) is 23.4 Å². The Balaban J connectivity index is 3.34. The van der Waals surface area contributed by atoms with E-state index in [-0.39, 0.29) is 0 Å². The number of rotatable bonds is 2. The van der Waals surface area contributed by atoms with Gasteiger partial charge in [0.25, 0.3) is 0 Å².